The van der Waals surface area contributed by atoms with E-state index in [1.165, 1.54) is 0 Å². The highest BCUT2D eigenvalue weighted by Gasteiger charge is 2.17. The van der Waals surface area contributed by atoms with Gasteiger partial charge in [0.15, 0.2) is 6.61 Å². The molecule has 0 aromatic carbocycles. The van der Waals surface area contributed by atoms with E-state index in [0.29, 0.717) is 12.2 Å². The zero-order valence-electron chi connectivity index (χ0n) is 10.2. The molecule has 0 saturated carbocycles. The van der Waals surface area contributed by atoms with Crippen molar-refractivity contribution in [2.24, 2.45) is 0 Å². The molecule has 1 aromatic heterocycles. The third-order valence-electron chi connectivity index (χ3n) is 2.77. The molecule has 0 aliphatic heterocycles. The first-order chi connectivity index (χ1) is 8.74. The summed E-state index contributed by atoms with van der Waals surface area (Å²) >= 11 is 0. The van der Waals surface area contributed by atoms with Crippen LogP contribution in [0.3, 0.4) is 0 Å². The van der Waals surface area contributed by atoms with Crippen molar-refractivity contribution in [3.8, 4) is 11.9 Å². The van der Waals surface area contributed by atoms with Gasteiger partial charge in [-0.1, -0.05) is 0 Å². The Kier molecular flexibility index (Phi) is 3.78. The van der Waals surface area contributed by atoms with Crippen molar-refractivity contribution < 1.29 is 14.3 Å². The Hall–Kier alpha value is -2.09. The topological polar surface area (TPSA) is 72.2 Å². The summed E-state index contributed by atoms with van der Waals surface area (Å²) in [6.45, 7) is 1.82. The number of fused-ring (bicyclic) bond motifs is 1. The predicted octanol–water partition coefficient (Wildman–Crippen LogP) is 1.38. The first-order valence-electron chi connectivity index (χ1n) is 5.96. The number of hydrogen-bond donors (Lipinski definition) is 0. The molecule has 2 rings (SSSR count). The number of rotatable bonds is 4. The number of pyridine rings is 1. The average molecular weight is 246 g/mol. The van der Waals surface area contributed by atoms with Crippen LogP contribution in [0.2, 0.25) is 0 Å². The Morgan fingerprint density at radius 1 is 1.56 bits per heavy atom. The number of carbonyl (C=O) groups excluding carboxylic acids is 1. The molecule has 1 heterocycles. The number of hydrogen-bond acceptors (Lipinski definition) is 5. The quantitative estimate of drug-likeness (QED) is 0.750. The highest BCUT2D eigenvalue weighted by atomic mass is 16.6. The summed E-state index contributed by atoms with van der Waals surface area (Å²) in [5.74, 6) is -0.227. The Balaban J connectivity index is 2.12. The Labute approximate surface area is 105 Å². The Bertz CT molecular complexity index is 506. The maximum absolute atomic E-state index is 11.2. The largest absolute Gasteiger partial charge is 0.465 e. The Morgan fingerprint density at radius 2 is 2.39 bits per heavy atom. The second-order valence-electron chi connectivity index (χ2n) is 4.01. The maximum Gasteiger partial charge on any atom is 0.344 e. The molecule has 0 saturated heterocycles. The summed E-state index contributed by atoms with van der Waals surface area (Å²) < 4.78 is 10.0. The second kappa shape index (κ2) is 5.50. The molecule has 0 fully saturated rings. The lowest BCUT2D eigenvalue weighted by Crippen LogP contribution is -2.16. The van der Waals surface area contributed by atoms with Gasteiger partial charge in [-0.3, -0.25) is 0 Å². The van der Waals surface area contributed by atoms with E-state index in [9.17, 15) is 4.79 Å². The van der Waals surface area contributed by atoms with E-state index < -0.39 is 5.97 Å². The molecule has 1 aliphatic rings. The van der Waals surface area contributed by atoms with Gasteiger partial charge in [0, 0.05) is 5.69 Å². The van der Waals surface area contributed by atoms with Crippen molar-refractivity contribution in [3.63, 3.8) is 0 Å². The standard InChI is InChI=1S/C13H14N2O3/c1-2-17-12(16)8-18-13-10(7-14)6-9-4-3-5-11(9)15-13/h6H,2-5,8H2,1H3. The molecule has 94 valence electrons. The third kappa shape index (κ3) is 2.59. The summed E-state index contributed by atoms with van der Waals surface area (Å²) in [5.41, 5.74) is 2.45. The van der Waals surface area contributed by atoms with E-state index in [1.807, 2.05) is 6.07 Å². The fourth-order valence-corrected chi connectivity index (χ4v) is 1.97. The molecule has 0 spiro atoms. The number of aromatic nitrogens is 1. The van der Waals surface area contributed by atoms with Gasteiger partial charge in [-0.25, -0.2) is 9.78 Å². The van der Waals surface area contributed by atoms with Crippen molar-refractivity contribution in [1.29, 1.82) is 5.26 Å². The minimum Gasteiger partial charge on any atom is -0.465 e. The molecule has 0 amide bonds. The maximum atomic E-state index is 11.2. The molecule has 5 heteroatoms. The van der Waals surface area contributed by atoms with Crippen molar-refractivity contribution in [2.45, 2.75) is 26.2 Å². The smallest absolute Gasteiger partial charge is 0.344 e. The van der Waals surface area contributed by atoms with E-state index >= 15 is 0 Å². The minimum absolute atomic E-state index is 0.214. The third-order valence-corrected chi connectivity index (χ3v) is 2.77. The summed E-state index contributed by atoms with van der Waals surface area (Å²) in [7, 11) is 0. The van der Waals surface area contributed by atoms with Crippen LogP contribution in [-0.2, 0) is 22.4 Å². The van der Waals surface area contributed by atoms with Crippen molar-refractivity contribution in [1.82, 2.24) is 4.98 Å². The molecule has 5 nitrogen and oxygen atoms in total. The normalized spacial score (nSPS) is 12.7. The summed E-state index contributed by atoms with van der Waals surface area (Å²) in [4.78, 5) is 15.5. The van der Waals surface area contributed by atoms with E-state index in [4.69, 9.17) is 14.7 Å². The van der Waals surface area contributed by atoms with Gasteiger partial charge in [-0.15, -0.1) is 0 Å². The molecular formula is C13H14N2O3. The van der Waals surface area contributed by atoms with E-state index in [-0.39, 0.29) is 12.5 Å². The number of esters is 1. The number of carbonyl (C=O) groups is 1. The number of ether oxygens (including phenoxy) is 2. The molecule has 0 atom stereocenters. The minimum atomic E-state index is -0.455. The van der Waals surface area contributed by atoms with Gasteiger partial charge in [0.1, 0.15) is 11.6 Å². The monoisotopic (exact) mass is 246 g/mol. The van der Waals surface area contributed by atoms with Crippen LogP contribution in [0.4, 0.5) is 0 Å². The van der Waals surface area contributed by atoms with Gasteiger partial charge in [0.05, 0.1) is 6.61 Å². The van der Waals surface area contributed by atoms with Crippen LogP contribution < -0.4 is 4.74 Å². The zero-order chi connectivity index (χ0) is 13.0. The van der Waals surface area contributed by atoms with Crippen LogP contribution >= 0.6 is 0 Å². The van der Waals surface area contributed by atoms with Gasteiger partial charge >= 0.3 is 5.97 Å². The number of aryl methyl sites for hydroxylation is 2. The molecule has 0 radical (unpaired) electrons. The van der Waals surface area contributed by atoms with E-state index in [1.54, 1.807) is 13.0 Å². The molecule has 1 aromatic rings. The highest BCUT2D eigenvalue weighted by Crippen LogP contribution is 2.26. The summed E-state index contributed by atoms with van der Waals surface area (Å²) in [6, 6.07) is 3.84. The van der Waals surface area contributed by atoms with Gasteiger partial charge < -0.3 is 9.47 Å². The number of nitriles is 1. The zero-order valence-corrected chi connectivity index (χ0v) is 10.2. The van der Waals surface area contributed by atoms with Crippen LogP contribution in [-0.4, -0.2) is 24.2 Å². The predicted molar refractivity (Wildman–Crippen MR) is 63.1 cm³/mol. The second-order valence-corrected chi connectivity index (χ2v) is 4.01. The fraction of sp³-hybridized carbons (Fsp3) is 0.462. The van der Waals surface area contributed by atoms with Gasteiger partial charge in [-0.2, -0.15) is 5.26 Å². The van der Waals surface area contributed by atoms with Gasteiger partial charge in [0.25, 0.3) is 0 Å². The van der Waals surface area contributed by atoms with Crippen molar-refractivity contribution >= 4 is 5.97 Å². The highest BCUT2D eigenvalue weighted by molar-refractivity contribution is 5.71. The summed E-state index contributed by atoms with van der Waals surface area (Å²) in [5, 5.41) is 9.03. The van der Waals surface area contributed by atoms with Crippen LogP contribution in [0.5, 0.6) is 5.88 Å². The SMILES string of the molecule is CCOC(=O)COc1nc2c(cc1C#N)CCC2. The lowest BCUT2D eigenvalue weighted by Gasteiger charge is -2.08. The first-order valence-corrected chi connectivity index (χ1v) is 5.96. The average Bonchev–Trinajstić information content (AvgIpc) is 2.82. The van der Waals surface area contributed by atoms with Crippen LogP contribution in [0.25, 0.3) is 0 Å². The molecule has 0 bridgehead atoms. The number of nitrogens with zero attached hydrogens (tertiary/aromatic N) is 2. The molecule has 0 N–H and O–H groups in total. The Morgan fingerprint density at radius 3 is 3.11 bits per heavy atom. The molecular weight excluding hydrogens is 232 g/mol. The van der Waals surface area contributed by atoms with Crippen LogP contribution in [0, 0.1) is 11.3 Å². The van der Waals surface area contributed by atoms with Crippen molar-refractivity contribution in [3.05, 3.63) is 22.9 Å². The van der Waals surface area contributed by atoms with E-state index in [0.717, 1.165) is 30.5 Å². The molecule has 18 heavy (non-hydrogen) atoms. The molecule has 0 unspecified atom stereocenters. The van der Waals surface area contributed by atoms with Gasteiger partial charge in [0.2, 0.25) is 5.88 Å². The van der Waals surface area contributed by atoms with Gasteiger partial charge in [-0.05, 0) is 37.8 Å². The fourth-order valence-electron chi connectivity index (χ4n) is 1.97. The first kappa shape index (κ1) is 12.4. The van der Waals surface area contributed by atoms with Crippen LogP contribution in [0.15, 0.2) is 6.07 Å². The van der Waals surface area contributed by atoms with E-state index in [2.05, 4.69) is 4.98 Å². The summed E-state index contributed by atoms with van der Waals surface area (Å²) in [6.07, 6.45) is 2.90. The van der Waals surface area contributed by atoms with Crippen molar-refractivity contribution in [2.75, 3.05) is 13.2 Å². The molecule has 1 aliphatic carbocycles. The lowest BCUT2D eigenvalue weighted by molar-refractivity contribution is -0.145. The lowest BCUT2D eigenvalue weighted by atomic mass is 10.1. The van der Waals surface area contributed by atoms with Crippen LogP contribution in [0.1, 0.15) is 30.2 Å².